The molecule has 0 saturated heterocycles. The van der Waals surface area contributed by atoms with Gasteiger partial charge in [0.25, 0.3) is 0 Å². The molecule has 0 spiro atoms. The Morgan fingerprint density at radius 1 is 1.10 bits per heavy atom. The summed E-state index contributed by atoms with van der Waals surface area (Å²) in [5, 5.41) is 0.587. The Hall–Kier alpha value is -0.570. The molecule has 0 bridgehead atoms. The van der Waals surface area contributed by atoms with Crippen LogP contribution < -0.4 is 4.74 Å². The molecule has 20 heavy (non-hydrogen) atoms. The molecule has 0 aromatic heterocycles. The summed E-state index contributed by atoms with van der Waals surface area (Å²) >= 11 is 2.70. The summed E-state index contributed by atoms with van der Waals surface area (Å²) in [5.74, 6) is -0.660. The number of aryl methyl sites for hydroxylation is 1. The molecule has 0 aliphatic heterocycles. The lowest BCUT2D eigenvalue weighted by atomic mass is 10.1. The van der Waals surface area contributed by atoms with E-state index >= 15 is 0 Å². The van der Waals surface area contributed by atoms with Gasteiger partial charge in [0, 0.05) is 10.2 Å². The molecule has 0 unspecified atom stereocenters. The zero-order valence-electron chi connectivity index (χ0n) is 9.82. The first-order valence-corrected chi connectivity index (χ1v) is 7.25. The van der Waals surface area contributed by atoms with Crippen molar-refractivity contribution in [2.75, 3.05) is 5.33 Å². The highest BCUT2D eigenvalue weighted by atomic mass is 79.9. The topological polar surface area (TPSA) is 9.23 Å². The van der Waals surface area contributed by atoms with Crippen molar-refractivity contribution in [2.45, 2.75) is 29.6 Å². The Balaban J connectivity index is 3.01. The minimum absolute atomic E-state index is 0.278. The molecule has 9 heteroatoms. The zero-order valence-corrected chi connectivity index (χ0v) is 12.2. The molecule has 0 radical (unpaired) electrons. The lowest BCUT2D eigenvalue weighted by molar-refractivity contribution is -0.274. The fourth-order valence-corrected chi connectivity index (χ4v) is 2.42. The number of thioether (sulfide) groups is 1. The van der Waals surface area contributed by atoms with Crippen LogP contribution in [0.25, 0.3) is 0 Å². The molecule has 0 atom stereocenters. The van der Waals surface area contributed by atoms with E-state index in [1.807, 2.05) is 0 Å². The third kappa shape index (κ3) is 6.74. The van der Waals surface area contributed by atoms with Crippen LogP contribution in [0.3, 0.4) is 0 Å². The fraction of sp³-hybridized carbons (Fsp3) is 0.455. The first kappa shape index (κ1) is 17.5. The van der Waals surface area contributed by atoms with Gasteiger partial charge in [-0.15, -0.1) is 13.2 Å². The number of halogens is 7. The molecule has 0 fully saturated rings. The van der Waals surface area contributed by atoms with Crippen molar-refractivity contribution in [3.8, 4) is 5.75 Å². The molecule has 0 amide bonds. The summed E-state index contributed by atoms with van der Waals surface area (Å²) in [6, 6.07) is 2.99. The molecule has 1 rings (SSSR count). The van der Waals surface area contributed by atoms with Crippen molar-refractivity contribution in [3.63, 3.8) is 0 Å². The van der Waals surface area contributed by atoms with Gasteiger partial charge in [-0.1, -0.05) is 22.0 Å². The van der Waals surface area contributed by atoms with E-state index in [1.165, 1.54) is 6.07 Å². The minimum Gasteiger partial charge on any atom is -0.406 e. The number of hydrogen-bond acceptors (Lipinski definition) is 2. The molecule has 1 aromatic carbocycles. The van der Waals surface area contributed by atoms with Crippen molar-refractivity contribution in [2.24, 2.45) is 0 Å². The van der Waals surface area contributed by atoms with Crippen LogP contribution in [-0.2, 0) is 6.42 Å². The summed E-state index contributed by atoms with van der Waals surface area (Å²) in [7, 11) is 0. The first-order chi connectivity index (χ1) is 9.11. The quantitative estimate of drug-likeness (QED) is 0.376. The number of alkyl halides is 7. The average molecular weight is 383 g/mol. The van der Waals surface area contributed by atoms with Gasteiger partial charge in [-0.05, 0) is 42.3 Å². The van der Waals surface area contributed by atoms with E-state index in [9.17, 15) is 26.3 Å². The van der Waals surface area contributed by atoms with E-state index < -0.39 is 29.4 Å². The van der Waals surface area contributed by atoms with Crippen LogP contribution in [0.5, 0.6) is 5.75 Å². The molecule has 0 aliphatic carbocycles. The highest BCUT2D eigenvalue weighted by molar-refractivity contribution is 9.09. The zero-order chi connectivity index (χ0) is 15.4. The molecule has 0 aliphatic rings. The maximum atomic E-state index is 12.4. The van der Waals surface area contributed by atoms with Crippen LogP contribution in [0.15, 0.2) is 23.1 Å². The summed E-state index contributed by atoms with van der Waals surface area (Å²) in [5.41, 5.74) is -4.23. The normalized spacial score (nSPS) is 12.6. The second-order valence-corrected chi connectivity index (χ2v) is 5.56. The predicted octanol–water partition coefficient (Wildman–Crippen LogP) is 5.52. The summed E-state index contributed by atoms with van der Waals surface area (Å²) in [4.78, 5) is -0.278. The highest BCUT2D eigenvalue weighted by Gasteiger charge is 2.33. The third-order valence-electron chi connectivity index (χ3n) is 2.08. The predicted molar refractivity (Wildman–Crippen MR) is 67.2 cm³/mol. The largest absolute Gasteiger partial charge is 0.573 e. The van der Waals surface area contributed by atoms with Gasteiger partial charge in [0.05, 0.1) is 0 Å². The Morgan fingerprint density at radius 3 is 2.25 bits per heavy atom. The summed E-state index contributed by atoms with van der Waals surface area (Å²) in [6.07, 6.45) is -4.03. The van der Waals surface area contributed by atoms with Crippen molar-refractivity contribution >= 4 is 27.7 Å². The van der Waals surface area contributed by atoms with Crippen molar-refractivity contribution in [3.05, 3.63) is 23.8 Å². The maximum Gasteiger partial charge on any atom is 0.573 e. The molecule has 0 N–H and O–H groups in total. The van der Waals surface area contributed by atoms with Crippen molar-refractivity contribution in [1.82, 2.24) is 0 Å². The Kier molecular flexibility index (Phi) is 6.06. The van der Waals surface area contributed by atoms with Gasteiger partial charge in [0.2, 0.25) is 0 Å². The van der Waals surface area contributed by atoms with Crippen molar-refractivity contribution in [1.29, 1.82) is 0 Å². The highest BCUT2D eigenvalue weighted by Crippen LogP contribution is 2.41. The number of rotatable bonds is 5. The Labute approximate surface area is 123 Å². The number of hydrogen-bond donors (Lipinski definition) is 0. The van der Waals surface area contributed by atoms with E-state index in [0.29, 0.717) is 23.7 Å². The van der Waals surface area contributed by atoms with Gasteiger partial charge in [-0.25, -0.2) is 0 Å². The van der Waals surface area contributed by atoms with Gasteiger partial charge in [0.1, 0.15) is 5.75 Å². The molecular weight excluding hydrogens is 374 g/mol. The molecule has 0 heterocycles. The molecule has 114 valence electrons. The molecule has 1 aromatic rings. The van der Waals surface area contributed by atoms with Gasteiger partial charge in [0.15, 0.2) is 0 Å². The van der Waals surface area contributed by atoms with E-state index in [-0.39, 0.29) is 4.90 Å². The SMILES string of the molecule is FC(F)(F)Oc1ccc(CCCBr)c(SC(F)(F)F)c1. The molecule has 1 nitrogen and oxygen atoms in total. The second kappa shape index (κ2) is 6.93. The first-order valence-electron chi connectivity index (χ1n) is 5.31. The van der Waals surface area contributed by atoms with Crippen LogP contribution in [0.4, 0.5) is 26.3 Å². The van der Waals surface area contributed by atoms with E-state index in [4.69, 9.17) is 0 Å². The number of benzene rings is 1. The summed E-state index contributed by atoms with van der Waals surface area (Å²) in [6.45, 7) is 0. The van der Waals surface area contributed by atoms with Gasteiger partial charge in [-0.2, -0.15) is 13.2 Å². The minimum atomic E-state index is -4.93. The average Bonchev–Trinajstić information content (AvgIpc) is 2.23. The van der Waals surface area contributed by atoms with Gasteiger partial charge in [-0.3, -0.25) is 0 Å². The molecular formula is C11H9BrF6OS. The third-order valence-corrected chi connectivity index (χ3v) is 3.47. The summed E-state index contributed by atoms with van der Waals surface area (Å²) < 4.78 is 77.0. The smallest absolute Gasteiger partial charge is 0.406 e. The monoisotopic (exact) mass is 382 g/mol. The van der Waals surface area contributed by atoms with Crippen molar-refractivity contribution < 1.29 is 31.1 Å². The van der Waals surface area contributed by atoms with Crippen LogP contribution >= 0.6 is 27.7 Å². The Morgan fingerprint density at radius 2 is 1.75 bits per heavy atom. The lowest BCUT2D eigenvalue weighted by Gasteiger charge is -2.14. The van der Waals surface area contributed by atoms with Crippen LogP contribution in [0.1, 0.15) is 12.0 Å². The Bertz CT molecular complexity index is 446. The van der Waals surface area contributed by atoms with E-state index in [1.54, 1.807) is 0 Å². The van der Waals surface area contributed by atoms with E-state index in [0.717, 1.165) is 12.1 Å². The molecule has 0 saturated carbocycles. The van der Waals surface area contributed by atoms with Crippen LogP contribution in [-0.4, -0.2) is 17.2 Å². The van der Waals surface area contributed by atoms with Crippen LogP contribution in [0.2, 0.25) is 0 Å². The van der Waals surface area contributed by atoms with Crippen LogP contribution in [0, 0.1) is 0 Å². The lowest BCUT2D eigenvalue weighted by Crippen LogP contribution is -2.17. The standard InChI is InChI=1S/C11H9BrF6OS/c12-5-1-2-7-3-4-8(19-10(13,14)15)6-9(7)20-11(16,17)18/h3-4,6H,1-2,5H2. The second-order valence-electron chi connectivity index (χ2n) is 3.66. The van der Waals surface area contributed by atoms with E-state index in [2.05, 4.69) is 20.7 Å². The fourth-order valence-electron chi connectivity index (χ4n) is 1.42. The maximum absolute atomic E-state index is 12.4. The van der Waals surface area contributed by atoms with Gasteiger partial charge < -0.3 is 4.74 Å². The van der Waals surface area contributed by atoms with Gasteiger partial charge >= 0.3 is 11.9 Å². The number of ether oxygens (including phenoxy) is 1.